The maximum Gasteiger partial charge on any atom is 0.187 e. The van der Waals surface area contributed by atoms with E-state index in [-0.39, 0.29) is 11.9 Å². The van der Waals surface area contributed by atoms with Crippen molar-refractivity contribution < 1.29 is 19.3 Å². The van der Waals surface area contributed by atoms with Crippen LogP contribution in [0.15, 0.2) is 52.7 Å². The van der Waals surface area contributed by atoms with Gasteiger partial charge in [-0.15, -0.1) is 0 Å². The van der Waals surface area contributed by atoms with Crippen LogP contribution in [0.25, 0.3) is 5.76 Å². The van der Waals surface area contributed by atoms with Gasteiger partial charge in [-0.25, -0.2) is 4.99 Å². The average molecular weight is 434 g/mol. The number of aliphatic hydroxyl groups excluding tert-OH is 1. The van der Waals surface area contributed by atoms with E-state index in [0.717, 1.165) is 37.3 Å². The molecule has 0 bridgehead atoms. The van der Waals surface area contributed by atoms with Crippen LogP contribution in [0.2, 0.25) is 0 Å². The van der Waals surface area contributed by atoms with E-state index in [9.17, 15) is 5.11 Å². The molecule has 1 unspecified atom stereocenters. The molecule has 5 rings (SSSR count). The van der Waals surface area contributed by atoms with E-state index in [1.165, 1.54) is 0 Å². The van der Waals surface area contributed by atoms with E-state index >= 15 is 0 Å². The summed E-state index contributed by atoms with van der Waals surface area (Å²) in [6.07, 6.45) is 8.28. The van der Waals surface area contributed by atoms with E-state index in [1.807, 2.05) is 17.0 Å². The summed E-state index contributed by atoms with van der Waals surface area (Å²) in [5.74, 6) is 2.68. The van der Waals surface area contributed by atoms with Gasteiger partial charge in [0.1, 0.15) is 29.7 Å². The molecule has 1 aromatic carbocycles. The minimum absolute atomic E-state index is 0.0902. The van der Waals surface area contributed by atoms with Crippen LogP contribution < -0.4 is 9.47 Å². The van der Waals surface area contributed by atoms with Crippen molar-refractivity contribution in [3.8, 4) is 11.5 Å². The van der Waals surface area contributed by atoms with Gasteiger partial charge in [-0.1, -0.05) is 0 Å². The quantitative estimate of drug-likeness (QED) is 0.697. The minimum Gasteiger partial charge on any atom is -0.507 e. The minimum atomic E-state index is 0.0902. The maximum absolute atomic E-state index is 10.7. The largest absolute Gasteiger partial charge is 0.507 e. The fourth-order valence-electron chi connectivity index (χ4n) is 4.18. The Balaban J connectivity index is 1.50. The van der Waals surface area contributed by atoms with E-state index in [2.05, 4.69) is 9.98 Å². The van der Waals surface area contributed by atoms with Gasteiger partial charge in [-0.05, 0) is 43.5 Å². The van der Waals surface area contributed by atoms with Gasteiger partial charge in [0.2, 0.25) is 0 Å². The number of aromatic nitrogens is 1. The first-order chi connectivity index (χ1) is 15.7. The molecule has 1 aromatic heterocycles. The average Bonchev–Trinajstić information content (AvgIpc) is 3.34. The molecule has 1 N–H and O–H groups in total. The molecule has 3 aliphatic rings. The number of nitrogens with zero attached hydrogens (tertiary/aromatic N) is 4. The number of ether oxygens (including phenoxy) is 3. The molecule has 3 aliphatic heterocycles. The maximum atomic E-state index is 10.7. The zero-order valence-electron chi connectivity index (χ0n) is 18.0. The summed E-state index contributed by atoms with van der Waals surface area (Å²) >= 11 is 0. The van der Waals surface area contributed by atoms with Crippen LogP contribution in [0.3, 0.4) is 0 Å². The molecular formula is C24H26N4O4. The number of aliphatic imine (C=N–C) groups is 2. The van der Waals surface area contributed by atoms with Gasteiger partial charge in [-0.3, -0.25) is 9.98 Å². The lowest BCUT2D eigenvalue weighted by molar-refractivity contribution is -0.0114. The summed E-state index contributed by atoms with van der Waals surface area (Å²) < 4.78 is 17.6. The molecule has 1 atom stereocenters. The molecule has 0 radical (unpaired) electrons. The summed E-state index contributed by atoms with van der Waals surface area (Å²) in [6, 6.07) is 7.46. The first-order valence-electron chi connectivity index (χ1n) is 10.9. The van der Waals surface area contributed by atoms with E-state index < -0.39 is 0 Å². The van der Waals surface area contributed by atoms with Crippen LogP contribution in [-0.4, -0.2) is 66.2 Å². The third kappa shape index (κ3) is 3.93. The van der Waals surface area contributed by atoms with Crippen LogP contribution in [0.1, 0.15) is 30.4 Å². The second kappa shape index (κ2) is 9.00. The topological polar surface area (TPSA) is 88.8 Å². The Morgan fingerprint density at radius 1 is 1.31 bits per heavy atom. The second-order valence-electron chi connectivity index (χ2n) is 7.89. The lowest BCUT2D eigenvalue weighted by atomic mass is 10.1. The number of amidine groups is 2. The summed E-state index contributed by atoms with van der Waals surface area (Å²) in [5, 5.41) is 10.7. The lowest BCUT2D eigenvalue weighted by Crippen LogP contribution is -2.36. The molecule has 0 saturated carbocycles. The molecule has 2 aromatic rings. The Morgan fingerprint density at radius 3 is 3.03 bits per heavy atom. The Labute approximate surface area is 186 Å². The van der Waals surface area contributed by atoms with Crippen molar-refractivity contribution in [2.75, 3.05) is 33.4 Å². The highest BCUT2D eigenvalue weighted by molar-refractivity contribution is 6.20. The summed E-state index contributed by atoms with van der Waals surface area (Å²) in [5.41, 5.74) is 2.16. The number of rotatable bonds is 6. The smallest absolute Gasteiger partial charge is 0.187 e. The van der Waals surface area contributed by atoms with Crippen molar-refractivity contribution in [2.24, 2.45) is 9.98 Å². The van der Waals surface area contributed by atoms with Gasteiger partial charge in [0.25, 0.3) is 0 Å². The Morgan fingerprint density at radius 2 is 2.25 bits per heavy atom. The number of fused-ring (bicyclic) bond motifs is 3. The number of aliphatic hydroxyl groups is 1. The summed E-state index contributed by atoms with van der Waals surface area (Å²) in [6.45, 7) is 2.62. The highest BCUT2D eigenvalue weighted by Gasteiger charge is 2.32. The predicted molar refractivity (Wildman–Crippen MR) is 122 cm³/mol. The van der Waals surface area contributed by atoms with Gasteiger partial charge >= 0.3 is 0 Å². The van der Waals surface area contributed by atoms with Gasteiger partial charge in [0, 0.05) is 42.7 Å². The van der Waals surface area contributed by atoms with Crippen LogP contribution in [0.4, 0.5) is 5.69 Å². The third-order valence-electron chi connectivity index (χ3n) is 5.81. The summed E-state index contributed by atoms with van der Waals surface area (Å²) in [7, 11) is 1.61. The van der Waals surface area contributed by atoms with Crippen molar-refractivity contribution in [3.63, 3.8) is 0 Å². The fraction of sp³-hybridized carbons (Fsp3) is 0.375. The van der Waals surface area contributed by atoms with Crippen LogP contribution in [-0.2, 0) is 4.74 Å². The molecule has 0 aliphatic carbocycles. The molecule has 0 spiro atoms. The number of benzene rings is 1. The van der Waals surface area contributed by atoms with Gasteiger partial charge < -0.3 is 24.2 Å². The molecule has 1 fully saturated rings. The Bertz CT molecular complexity index is 1070. The third-order valence-corrected chi connectivity index (χ3v) is 5.81. The van der Waals surface area contributed by atoms with Gasteiger partial charge in [0.15, 0.2) is 11.5 Å². The molecule has 32 heavy (non-hydrogen) atoms. The van der Waals surface area contributed by atoms with Gasteiger partial charge in [-0.2, -0.15) is 0 Å². The van der Waals surface area contributed by atoms with E-state index in [0.29, 0.717) is 48.3 Å². The number of methoxy groups -OCH3 is 1. The molecule has 4 heterocycles. The van der Waals surface area contributed by atoms with E-state index in [1.54, 1.807) is 37.7 Å². The molecule has 8 heteroatoms. The lowest BCUT2D eigenvalue weighted by Gasteiger charge is -2.28. The van der Waals surface area contributed by atoms with Crippen LogP contribution >= 0.6 is 0 Å². The second-order valence-corrected chi connectivity index (χ2v) is 7.89. The number of hydrogen-bond acceptors (Lipinski definition) is 8. The van der Waals surface area contributed by atoms with Crippen molar-refractivity contribution >= 4 is 23.1 Å². The molecule has 0 amide bonds. The molecular weight excluding hydrogens is 408 g/mol. The monoisotopic (exact) mass is 434 g/mol. The predicted octanol–water partition coefficient (Wildman–Crippen LogP) is 3.74. The van der Waals surface area contributed by atoms with Crippen molar-refractivity contribution in [2.45, 2.75) is 25.4 Å². The van der Waals surface area contributed by atoms with Crippen LogP contribution in [0.5, 0.6) is 11.5 Å². The van der Waals surface area contributed by atoms with Gasteiger partial charge in [0.05, 0.1) is 19.8 Å². The number of hydrogen-bond donors (Lipinski definition) is 1. The number of pyridine rings is 1. The van der Waals surface area contributed by atoms with Crippen molar-refractivity contribution in [1.29, 1.82) is 0 Å². The standard InChI is InChI=1S/C24H26N4O4/c1-30-23-20(32-15-17-6-2-3-12-31-17)8-7-18-22(23)27-21(28-11-10-26-24(18)28)13-19(29)16-5-4-9-25-14-16/h4-5,7-9,13-14,17,29H,2-3,6,10-12,15H2,1H3/b19-13-. The summed E-state index contributed by atoms with van der Waals surface area (Å²) in [4.78, 5) is 15.6. The first-order valence-corrected chi connectivity index (χ1v) is 10.9. The SMILES string of the molecule is COc1c(OCC2CCCCO2)ccc2c1N=C(/C=C(\O)c1cccnc1)N1CCN=C21. The zero-order chi connectivity index (χ0) is 21.9. The molecule has 166 valence electrons. The molecule has 8 nitrogen and oxygen atoms in total. The Kier molecular flexibility index (Phi) is 5.77. The fourth-order valence-corrected chi connectivity index (χ4v) is 4.18. The van der Waals surface area contributed by atoms with E-state index in [4.69, 9.17) is 19.2 Å². The molecule has 1 saturated heterocycles. The normalized spacial score (nSPS) is 20.2. The van der Waals surface area contributed by atoms with Crippen molar-refractivity contribution in [1.82, 2.24) is 9.88 Å². The highest BCUT2D eigenvalue weighted by atomic mass is 16.5. The highest BCUT2D eigenvalue weighted by Crippen LogP contribution is 2.43. The van der Waals surface area contributed by atoms with Crippen LogP contribution in [0, 0.1) is 0 Å². The van der Waals surface area contributed by atoms with Crippen molar-refractivity contribution in [3.05, 3.63) is 53.9 Å². The zero-order valence-corrected chi connectivity index (χ0v) is 18.0. The Hall–Kier alpha value is -3.39. The first kappa shape index (κ1) is 20.5.